The van der Waals surface area contributed by atoms with E-state index in [1.54, 1.807) is 49.2 Å². The van der Waals surface area contributed by atoms with E-state index in [0.717, 1.165) is 5.39 Å². The van der Waals surface area contributed by atoms with Crippen LogP contribution >= 0.6 is 0 Å². The molecule has 0 saturated heterocycles. The Kier molecular flexibility index (Phi) is 5.03. The fraction of sp³-hybridized carbons (Fsp3) is 0.167. The van der Waals surface area contributed by atoms with Gasteiger partial charge in [-0.1, -0.05) is 18.2 Å². The number of imidazole rings is 1. The monoisotopic (exact) mass is 428 g/mol. The summed E-state index contributed by atoms with van der Waals surface area (Å²) in [6.07, 6.45) is 9.07. The fourth-order valence-corrected chi connectivity index (χ4v) is 4.08. The number of benzene rings is 1. The molecule has 160 valence electrons. The van der Waals surface area contributed by atoms with E-state index in [2.05, 4.69) is 9.97 Å². The molecule has 0 bridgehead atoms. The van der Waals surface area contributed by atoms with Gasteiger partial charge in [0, 0.05) is 43.3 Å². The molecule has 4 heterocycles. The predicted octanol–water partition coefficient (Wildman–Crippen LogP) is 3.69. The van der Waals surface area contributed by atoms with Crippen LogP contribution in [-0.2, 0) is 11.3 Å². The van der Waals surface area contributed by atoms with Crippen molar-refractivity contribution in [3.05, 3.63) is 96.2 Å². The number of pyridine rings is 1. The number of fused-ring (bicyclic) bond motifs is 1. The number of aliphatic hydroxyl groups excluding tert-OH is 1. The molecular weight excluding hydrogens is 408 g/mol. The zero-order chi connectivity index (χ0) is 22.1. The number of nitrogens with zero attached hydrogens (tertiary/aromatic N) is 4. The lowest BCUT2D eigenvalue weighted by Gasteiger charge is -2.26. The molecule has 1 aliphatic heterocycles. The maximum absolute atomic E-state index is 13.4. The molecule has 4 aromatic rings. The second-order valence-electron chi connectivity index (χ2n) is 7.58. The topological polar surface area (TPSA) is 101 Å². The Morgan fingerprint density at radius 3 is 2.62 bits per heavy atom. The first-order chi connectivity index (χ1) is 15.6. The summed E-state index contributed by atoms with van der Waals surface area (Å²) < 4.78 is 7.64. The SMILES string of the molecule is O=C(C1=C(O)C(=O)N(CCCn2ccnc2)[C@@H]1c1ccncc1)c1cc2ccccc2o1. The number of aryl methyl sites for hydroxylation is 1. The summed E-state index contributed by atoms with van der Waals surface area (Å²) in [5, 5.41) is 11.5. The van der Waals surface area contributed by atoms with Crippen molar-refractivity contribution in [1.29, 1.82) is 0 Å². The average Bonchev–Trinajstić information content (AvgIpc) is 3.54. The molecule has 8 heteroatoms. The van der Waals surface area contributed by atoms with E-state index in [4.69, 9.17) is 4.42 Å². The molecule has 0 radical (unpaired) electrons. The molecule has 5 rings (SSSR count). The van der Waals surface area contributed by atoms with E-state index in [1.807, 2.05) is 29.0 Å². The fourth-order valence-electron chi connectivity index (χ4n) is 4.08. The number of Topliss-reactive ketones (excluding diaryl/α,β-unsaturated/α-hetero) is 1. The number of para-hydroxylation sites is 1. The lowest BCUT2D eigenvalue weighted by Crippen LogP contribution is -2.32. The quantitative estimate of drug-likeness (QED) is 0.451. The van der Waals surface area contributed by atoms with Crippen LogP contribution in [-0.4, -0.2) is 42.8 Å². The van der Waals surface area contributed by atoms with Crippen molar-refractivity contribution < 1.29 is 19.1 Å². The highest BCUT2D eigenvalue weighted by atomic mass is 16.3. The minimum Gasteiger partial charge on any atom is -0.503 e. The number of carbonyl (C=O) groups is 2. The lowest BCUT2D eigenvalue weighted by atomic mass is 9.95. The summed E-state index contributed by atoms with van der Waals surface area (Å²) >= 11 is 0. The Balaban J connectivity index is 1.49. The molecule has 8 nitrogen and oxygen atoms in total. The van der Waals surface area contributed by atoms with Crippen molar-refractivity contribution in [3.8, 4) is 0 Å². The van der Waals surface area contributed by atoms with E-state index in [0.29, 0.717) is 30.7 Å². The molecular formula is C24H20N4O4. The van der Waals surface area contributed by atoms with E-state index in [1.165, 1.54) is 4.90 Å². The Hall–Kier alpha value is -4.20. The largest absolute Gasteiger partial charge is 0.503 e. The number of hydrogen-bond donors (Lipinski definition) is 1. The molecule has 1 amide bonds. The van der Waals surface area contributed by atoms with Crippen molar-refractivity contribution in [2.75, 3.05) is 6.54 Å². The number of furan rings is 1. The molecule has 32 heavy (non-hydrogen) atoms. The predicted molar refractivity (Wildman–Crippen MR) is 116 cm³/mol. The van der Waals surface area contributed by atoms with Crippen LogP contribution in [0.15, 0.2) is 89.3 Å². The Labute approximate surface area is 183 Å². The number of aliphatic hydroxyl groups is 1. The van der Waals surface area contributed by atoms with Crippen molar-refractivity contribution >= 4 is 22.7 Å². The van der Waals surface area contributed by atoms with Crippen LogP contribution in [0.3, 0.4) is 0 Å². The van der Waals surface area contributed by atoms with Gasteiger partial charge < -0.3 is 19.0 Å². The molecule has 1 atom stereocenters. The van der Waals surface area contributed by atoms with Gasteiger partial charge in [0.2, 0.25) is 5.78 Å². The average molecular weight is 428 g/mol. The normalized spacial score (nSPS) is 16.3. The zero-order valence-corrected chi connectivity index (χ0v) is 17.1. The number of ketones is 1. The summed E-state index contributed by atoms with van der Waals surface area (Å²) in [4.78, 5) is 36.0. The van der Waals surface area contributed by atoms with Gasteiger partial charge in [-0.05, 0) is 36.2 Å². The first kappa shape index (κ1) is 19.7. The van der Waals surface area contributed by atoms with Crippen LogP contribution in [0.25, 0.3) is 11.0 Å². The maximum atomic E-state index is 13.4. The van der Waals surface area contributed by atoms with Crippen molar-refractivity contribution in [3.63, 3.8) is 0 Å². The van der Waals surface area contributed by atoms with Crippen molar-refractivity contribution in [2.24, 2.45) is 0 Å². The molecule has 0 fully saturated rings. The summed E-state index contributed by atoms with van der Waals surface area (Å²) in [6, 6.07) is 11.7. The van der Waals surface area contributed by atoms with Crippen LogP contribution in [0.1, 0.15) is 28.6 Å². The van der Waals surface area contributed by atoms with Crippen LogP contribution < -0.4 is 0 Å². The summed E-state index contributed by atoms with van der Waals surface area (Å²) in [5.74, 6) is -1.54. The first-order valence-electron chi connectivity index (χ1n) is 10.3. The van der Waals surface area contributed by atoms with Gasteiger partial charge in [0.05, 0.1) is 17.9 Å². The second kappa shape index (κ2) is 8.14. The van der Waals surface area contributed by atoms with Gasteiger partial charge in [-0.2, -0.15) is 0 Å². The van der Waals surface area contributed by atoms with Crippen molar-refractivity contribution in [2.45, 2.75) is 19.0 Å². The van der Waals surface area contributed by atoms with Crippen LogP contribution in [0, 0.1) is 0 Å². The highest BCUT2D eigenvalue weighted by molar-refractivity contribution is 6.16. The van der Waals surface area contributed by atoms with Gasteiger partial charge in [-0.3, -0.25) is 14.6 Å². The Morgan fingerprint density at radius 2 is 1.88 bits per heavy atom. The third kappa shape index (κ3) is 3.45. The molecule has 1 aliphatic rings. The minimum absolute atomic E-state index is 0.0166. The third-order valence-electron chi connectivity index (χ3n) is 5.59. The van der Waals surface area contributed by atoms with Gasteiger partial charge in [-0.15, -0.1) is 0 Å². The van der Waals surface area contributed by atoms with E-state index < -0.39 is 23.5 Å². The zero-order valence-electron chi connectivity index (χ0n) is 17.1. The van der Waals surface area contributed by atoms with Crippen LogP contribution in [0.4, 0.5) is 0 Å². The van der Waals surface area contributed by atoms with E-state index >= 15 is 0 Å². The molecule has 1 aromatic carbocycles. The number of amides is 1. The smallest absolute Gasteiger partial charge is 0.290 e. The minimum atomic E-state index is -0.728. The standard InChI is InChI=1S/C24H20N4O4/c29-22(19-14-17-4-1-2-5-18(17)32-19)20-21(16-6-8-25-9-7-16)28(24(31)23(20)30)12-3-11-27-13-10-26-15-27/h1-2,4-10,13-15,21,30H,3,11-12H2/t21-/m1/s1. The number of carbonyl (C=O) groups excluding carboxylic acids is 2. The van der Waals surface area contributed by atoms with Crippen LogP contribution in [0.2, 0.25) is 0 Å². The molecule has 0 unspecified atom stereocenters. The maximum Gasteiger partial charge on any atom is 0.290 e. The molecule has 0 aliphatic carbocycles. The van der Waals surface area contributed by atoms with Crippen LogP contribution in [0.5, 0.6) is 0 Å². The lowest BCUT2D eigenvalue weighted by molar-refractivity contribution is -0.129. The molecule has 0 saturated carbocycles. The summed E-state index contributed by atoms with van der Waals surface area (Å²) in [6.45, 7) is 1.01. The van der Waals surface area contributed by atoms with Crippen molar-refractivity contribution in [1.82, 2.24) is 19.4 Å². The molecule has 0 spiro atoms. The van der Waals surface area contributed by atoms with Gasteiger partial charge in [0.15, 0.2) is 11.5 Å². The highest BCUT2D eigenvalue weighted by Gasteiger charge is 2.44. The van der Waals surface area contributed by atoms with Gasteiger partial charge >= 0.3 is 0 Å². The highest BCUT2D eigenvalue weighted by Crippen LogP contribution is 2.39. The summed E-state index contributed by atoms with van der Waals surface area (Å²) in [7, 11) is 0. The number of hydrogen-bond acceptors (Lipinski definition) is 6. The molecule has 1 N–H and O–H groups in total. The van der Waals surface area contributed by atoms with E-state index in [-0.39, 0.29) is 11.3 Å². The number of aromatic nitrogens is 3. The second-order valence-corrected chi connectivity index (χ2v) is 7.58. The Morgan fingerprint density at radius 1 is 1.06 bits per heavy atom. The third-order valence-corrected chi connectivity index (χ3v) is 5.59. The first-order valence-corrected chi connectivity index (χ1v) is 10.3. The molecule has 3 aromatic heterocycles. The van der Waals surface area contributed by atoms with E-state index in [9.17, 15) is 14.7 Å². The van der Waals surface area contributed by atoms with Gasteiger partial charge in [-0.25, -0.2) is 4.98 Å². The van der Waals surface area contributed by atoms with Gasteiger partial charge in [0.1, 0.15) is 5.58 Å². The Bertz CT molecular complexity index is 1280. The van der Waals surface area contributed by atoms with Gasteiger partial charge in [0.25, 0.3) is 5.91 Å². The summed E-state index contributed by atoms with van der Waals surface area (Å²) in [5.41, 5.74) is 1.28. The number of rotatable bonds is 7.